The largest absolute Gasteiger partial charge is 0.298 e. The molecular formula is C15H21N3. The van der Waals surface area contributed by atoms with Crippen molar-refractivity contribution in [2.75, 3.05) is 13.1 Å². The zero-order chi connectivity index (χ0) is 13.0. The van der Waals surface area contributed by atoms with Crippen LogP contribution in [0.25, 0.3) is 5.69 Å². The lowest BCUT2D eigenvalue weighted by Gasteiger charge is -2.18. The molecule has 0 aliphatic carbocycles. The first kappa shape index (κ1) is 12.8. The Bertz CT molecular complexity index is 484. The van der Waals surface area contributed by atoms with Crippen molar-refractivity contribution >= 4 is 0 Å². The van der Waals surface area contributed by atoms with E-state index >= 15 is 0 Å². The predicted octanol–water partition coefficient (Wildman–Crippen LogP) is 3.02. The van der Waals surface area contributed by atoms with Crippen LogP contribution in [0.2, 0.25) is 0 Å². The van der Waals surface area contributed by atoms with Gasteiger partial charge in [-0.2, -0.15) is 5.10 Å². The topological polar surface area (TPSA) is 21.1 Å². The van der Waals surface area contributed by atoms with Crippen molar-refractivity contribution in [3.05, 3.63) is 47.8 Å². The second kappa shape index (κ2) is 5.83. The lowest BCUT2D eigenvalue weighted by atomic mass is 10.3. The highest BCUT2D eigenvalue weighted by atomic mass is 15.3. The minimum atomic E-state index is 0.947. The first-order valence-corrected chi connectivity index (χ1v) is 6.58. The first-order valence-electron chi connectivity index (χ1n) is 6.58. The van der Waals surface area contributed by atoms with Gasteiger partial charge in [-0.05, 0) is 38.2 Å². The van der Waals surface area contributed by atoms with Gasteiger partial charge in [0.2, 0.25) is 0 Å². The smallest absolute Gasteiger partial charge is 0.0649 e. The van der Waals surface area contributed by atoms with E-state index in [0.29, 0.717) is 0 Å². The van der Waals surface area contributed by atoms with Gasteiger partial charge < -0.3 is 0 Å². The highest BCUT2D eigenvalue weighted by Crippen LogP contribution is 2.14. The third kappa shape index (κ3) is 2.79. The van der Waals surface area contributed by atoms with Crippen molar-refractivity contribution < 1.29 is 0 Å². The molecule has 0 fully saturated rings. The number of hydrogen-bond donors (Lipinski definition) is 0. The highest BCUT2D eigenvalue weighted by molar-refractivity contribution is 5.33. The van der Waals surface area contributed by atoms with Crippen LogP contribution in [0.1, 0.15) is 25.2 Å². The molecule has 0 aliphatic rings. The summed E-state index contributed by atoms with van der Waals surface area (Å²) < 4.78 is 2.05. The minimum absolute atomic E-state index is 0.947. The predicted molar refractivity (Wildman–Crippen MR) is 74.9 cm³/mol. The molecule has 0 saturated carbocycles. The molecule has 2 aromatic rings. The van der Waals surface area contributed by atoms with Crippen LogP contribution in [0.5, 0.6) is 0 Å². The van der Waals surface area contributed by atoms with E-state index in [2.05, 4.69) is 42.0 Å². The molecule has 0 unspecified atom stereocenters. The van der Waals surface area contributed by atoms with Gasteiger partial charge in [-0.1, -0.05) is 32.0 Å². The van der Waals surface area contributed by atoms with E-state index in [1.54, 1.807) is 0 Å². The summed E-state index contributed by atoms with van der Waals surface area (Å²) in [5.74, 6) is 0. The lowest BCUT2D eigenvalue weighted by Crippen LogP contribution is -2.23. The molecule has 0 atom stereocenters. The van der Waals surface area contributed by atoms with E-state index < -0.39 is 0 Å². The van der Waals surface area contributed by atoms with Gasteiger partial charge in [0.25, 0.3) is 0 Å². The molecule has 2 rings (SSSR count). The average Bonchev–Trinajstić information content (AvgIpc) is 2.78. The SMILES string of the molecule is CCN(CC)Cc1cc(C)nn1-c1ccccc1. The number of nitrogens with zero attached hydrogens (tertiary/aromatic N) is 3. The second-order valence-corrected chi connectivity index (χ2v) is 4.49. The van der Waals surface area contributed by atoms with E-state index in [1.165, 1.54) is 5.69 Å². The van der Waals surface area contributed by atoms with E-state index in [1.807, 2.05) is 29.8 Å². The average molecular weight is 243 g/mol. The molecule has 1 aromatic heterocycles. The van der Waals surface area contributed by atoms with Crippen LogP contribution < -0.4 is 0 Å². The maximum atomic E-state index is 4.59. The van der Waals surface area contributed by atoms with Crippen LogP contribution >= 0.6 is 0 Å². The molecule has 96 valence electrons. The molecule has 3 heteroatoms. The summed E-state index contributed by atoms with van der Waals surface area (Å²) in [7, 11) is 0. The summed E-state index contributed by atoms with van der Waals surface area (Å²) in [6.45, 7) is 9.51. The van der Waals surface area contributed by atoms with Crippen molar-refractivity contribution in [1.82, 2.24) is 14.7 Å². The normalized spacial score (nSPS) is 11.1. The van der Waals surface area contributed by atoms with E-state index in [0.717, 1.165) is 31.0 Å². The Morgan fingerprint density at radius 2 is 1.78 bits per heavy atom. The van der Waals surface area contributed by atoms with Gasteiger partial charge >= 0.3 is 0 Å². The monoisotopic (exact) mass is 243 g/mol. The van der Waals surface area contributed by atoms with Crippen LogP contribution in [-0.4, -0.2) is 27.8 Å². The highest BCUT2D eigenvalue weighted by Gasteiger charge is 2.10. The van der Waals surface area contributed by atoms with Gasteiger partial charge in [-0.15, -0.1) is 0 Å². The number of para-hydroxylation sites is 1. The molecule has 0 saturated heterocycles. The third-order valence-corrected chi connectivity index (χ3v) is 3.19. The number of rotatable bonds is 5. The Hall–Kier alpha value is -1.61. The zero-order valence-electron chi connectivity index (χ0n) is 11.4. The molecule has 1 heterocycles. The minimum Gasteiger partial charge on any atom is -0.298 e. The molecule has 0 aliphatic heterocycles. The van der Waals surface area contributed by atoms with Gasteiger partial charge in [0.05, 0.1) is 17.1 Å². The quantitative estimate of drug-likeness (QED) is 0.805. The third-order valence-electron chi connectivity index (χ3n) is 3.19. The zero-order valence-corrected chi connectivity index (χ0v) is 11.4. The number of aryl methyl sites for hydroxylation is 1. The molecular weight excluding hydrogens is 222 g/mol. The first-order chi connectivity index (χ1) is 8.74. The maximum absolute atomic E-state index is 4.59. The van der Waals surface area contributed by atoms with Crippen LogP contribution in [0, 0.1) is 6.92 Å². The summed E-state index contributed by atoms with van der Waals surface area (Å²) in [5.41, 5.74) is 3.45. The van der Waals surface area contributed by atoms with E-state index in [-0.39, 0.29) is 0 Å². The van der Waals surface area contributed by atoms with Crippen molar-refractivity contribution in [3.8, 4) is 5.69 Å². The standard InChI is InChI=1S/C15H21N3/c1-4-17(5-2)12-15-11-13(3)16-18(15)14-9-7-6-8-10-14/h6-11H,4-5,12H2,1-3H3. The summed E-state index contributed by atoms with van der Waals surface area (Å²) in [5, 5.41) is 4.59. The number of hydrogen-bond acceptors (Lipinski definition) is 2. The van der Waals surface area contributed by atoms with Crippen molar-refractivity contribution in [1.29, 1.82) is 0 Å². The van der Waals surface area contributed by atoms with Gasteiger partial charge in [0.15, 0.2) is 0 Å². The summed E-state index contributed by atoms with van der Waals surface area (Å²) in [6.07, 6.45) is 0. The Morgan fingerprint density at radius 1 is 1.11 bits per heavy atom. The summed E-state index contributed by atoms with van der Waals surface area (Å²) in [4.78, 5) is 2.40. The molecule has 18 heavy (non-hydrogen) atoms. The fourth-order valence-corrected chi connectivity index (χ4v) is 2.13. The fourth-order valence-electron chi connectivity index (χ4n) is 2.13. The molecule has 0 amide bonds. The van der Waals surface area contributed by atoms with Gasteiger partial charge in [0.1, 0.15) is 0 Å². The maximum Gasteiger partial charge on any atom is 0.0649 e. The Kier molecular flexibility index (Phi) is 4.15. The summed E-state index contributed by atoms with van der Waals surface area (Å²) in [6, 6.07) is 12.5. The Labute approximate surface area is 109 Å². The van der Waals surface area contributed by atoms with E-state index in [4.69, 9.17) is 0 Å². The van der Waals surface area contributed by atoms with Gasteiger partial charge in [-0.3, -0.25) is 4.90 Å². The molecule has 0 N–H and O–H groups in total. The Morgan fingerprint density at radius 3 is 2.39 bits per heavy atom. The van der Waals surface area contributed by atoms with Crippen LogP contribution in [-0.2, 0) is 6.54 Å². The van der Waals surface area contributed by atoms with Crippen molar-refractivity contribution in [2.45, 2.75) is 27.3 Å². The lowest BCUT2D eigenvalue weighted by molar-refractivity contribution is 0.289. The second-order valence-electron chi connectivity index (χ2n) is 4.49. The van der Waals surface area contributed by atoms with Crippen LogP contribution in [0.4, 0.5) is 0 Å². The molecule has 0 spiro atoms. The van der Waals surface area contributed by atoms with Crippen molar-refractivity contribution in [3.63, 3.8) is 0 Å². The molecule has 3 nitrogen and oxygen atoms in total. The number of aromatic nitrogens is 2. The Balaban J connectivity index is 2.31. The van der Waals surface area contributed by atoms with Crippen LogP contribution in [0.15, 0.2) is 36.4 Å². The van der Waals surface area contributed by atoms with E-state index in [9.17, 15) is 0 Å². The van der Waals surface area contributed by atoms with Gasteiger partial charge in [-0.25, -0.2) is 4.68 Å². The fraction of sp³-hybridized carbons (Fsp3) is 0.400. The number of benzene rings is 1. The molecule has 0 bridgehead atoms. The molecule has 1 aromatic carbocycles. The van der Waals surface area contributed by atoms with Crippen LogP contribution in [0.3, 0.4) is 0 Å². The van der Waals surface area contributed by atoms with Gasteiger partial charge in [0, 0.05) is 6.54 Å². The van der Waals surface area contributed by atoms with Crippen molar-refractivity contribution in [2.24, 2.45) is 0 Å². The summed E-state index contributed by atoms with van der Waals surface area (Å²) >= 11 is 0. The molecule has 0 radical (unpaired) electrons.